The van der Waals surface area contributed by atoms with Gasteiger partial charge in [-0.15, -0.1) is 0 Å². The second-order valence-electron chi connectivity index (χ2n) is 7.87. The lowest BCUT2D eigenvalue weighted by Crippen LogP contribution is -2.26. The molecule has 0 radical (unpaired) electrons. The van der Waals surface area contributed by atoms with Crippen LogP contribution in [0, 0.1) is 10.1 Å². The van der Waals surface area contributed by atoms with Gasteiger partial charge in [0.15, 0.2) is 11.9 Å². The van der Waals surface area contributed by atoms with Crippen LogP contribution in [0.5, 0.6) is 11.5 Å². The Kier molecular flexibility index (Phi) is 9.34. The quantitative estimate of drug-likeness (QED) is 0.140. The highest BCUT2D eigenvalue weighted by Gasteiger charge is 2.27. The Bertz CT molecular complexity index is 1400. The fraction of sp³-hybridized carbons (Fsp3) is 0.360. The van der Waals surface area contributed by atoms with Crippen molar-refractivity contribution in [3.63, 3.8) is 0 Å². The van der Waals surface area contributed by atoms with Gasteiger partial charge in [-0.1, -0.05) is 22.9 Å². The molecule has 1 heterocycles. The predicted molar refractivity (Wildman–Crippen MR) is 142 cm³/mol. The molecule has 37 heavy (non-hydrogen) atoms. The molecule has 1 atom stereocenters. The van der Waals surface area contributed by atoms with Crippen molar-refractivity contribution in [1.82, 2.24) is 9.66 Å². The highest BCUT2D eigenvalue weighted by molar-refractivity contribution is 9.10. The molecule has 0 aliphatic carbocycles. The molecule has 0 fully saturated rings. The fourth-order valence-electron chi connectivity index (χ4n) is 3.51. The summed E-state index contributed by atoms with van der Waals surface area (Å²) in [6.07, 6.45) is 1.45. The number of halogens is 1. The first-order chi connectivity index (χ1) is 17.7. The van der Waals surface area contributed by atoms with E-state index in [-0.39, 0.29) is 35.8 Å². The summed E-state index contributed by atoms with van der Waals surface area (Å²) in [7, 11) is 0. The van der Waals surface area contributed by atoms with Crippen LogP contribution in [0.15, 0.2) is 44.7 Å². The van der Waals surface area contributed by atoms with Gasteiger partial charge in [-0.2, -0.15) is 9.78 Å². The number of aryl methyl sites for hydroxylation is 1. The van der Waals surface area contributed by atoms with E-state index in [1.165, 1.54) is 29.9 Å². The number of hydrogen-bond acceptors (Lipinski definition) is 9. The van der Waals surface area contributed by atoms with Crippen LogP contribution in [0.3, 0.4) is 0 Å². The summed E-state index contributed by atoms with van der Waals surface area (Å²) in [6, 6.07) is 7.94. The smallest absolute Gasteiger partial charge is 0.347 e. The number of esters is 1. The van der Waals surface area contributed by atoms with E-state index < -0.39 is 22.7 Å². The maximum absolute atomic E-state index is 13.2. The molecular weight excluding hydrogens is 548 g/mol. The van der Waals surface area contributed by atoms with Crippen molar-refractivity contribution in [2.75, 3.05) is 13.2 Å². The Morgan fingerprint density at radius 2 is 2.00 bits per heavy atom. The van der Waals surface area contributed by atoms with Gasteiger partial charge >= 0.3 is 11.7 Å². The van der Waals surface area contributed by atoms with E-state index in [0.29, 0.717) is 23.1 Å². The van der Waals surface area contributed by atoms with Crippen molar-refractivity contribution < 1.29 is 23.9 Å². The Hall–Kier alpha value is -3.80. The summed E-state index contributed by atoms with van der Waals surface area (Å²) in [6.45, 7) is 7.07. The van der Waals surface area contributed by atoms with E-state index >= 15 is 0 Å². The number of aromatic nitrogens is 2. The van der Waals surface area contributed by atoms with Crippen molar-refractivity contribution in [2.24, 2.45) is 5.10 Å². The van der Waals surface area contributed by atoms with Gasteiger partial charge in [0.2, 0.25) is 5.75 Å². The number of ether oxygens (including phenoxy) is 3. The SMILES string of the molecule is CCCc1nc2ccc(Br)cc2c(=O)n1N=Cc1cc(OCC)c(O[C@H](C)C(=O)OCC)c([N+](=O)[O-])c1. The van der Waals surface area contributed by atoms with Gasteiger partial charge in [0.1, 0.15) is 5.82 Å². The van der Waals surface area contributed by atoms with Gasteiger partial charge in [0.05, 0.1) is 35.3 Å². The van der Waals surface area contributed by atoms with Gasteiger partial charge in [0.25, 0.3) is 5.56 Å². The Balaban J connectivity index is 2.11. The minimum atomic E-state index is -1.10. The molecular formula is C25H27BrN4O7. The number of carbonyl (C=O) groups excluding carboxylic acids is 1. The monoisotopic (exact) mass is 574 g/mol. The molecule has 2 aromatic carbocycles. The number of nitrogens with zero attached hydrogens (tertiary/aromatic N) is 4. The first-order valence-corrected chi connectivity index (χ1v) is 12.5. The number of fused-ring (bicyclic) bond motifs is 1. The standard InChI is InChI=1S/C25H27BrN4O7/c1-5-8-22-28-19-10-9-17(26)13-18(19)24(31)29(22)27-14-16-11-20(30(33)34)23(21(12-16)35-6-2)37-15(4)25(32)36-7-3/h9-15H,5-8H2,1-4H3/t15-/m1/s1. The van der Waals surface area contributed by atoms with E-state index in [0.717, 1.165) is 10.9 Å². The Labute approximate surface area is 221 Å². The second kappa shape index (κ2) is 12.4. The number of nitro groups is 1. The average molecular weight is 575 g/mol. The number of nitro benzene ring substituents is 1. The van der Waals surface area contributed by atoms with Crippen molar-refractivity contribution >= 4 is 44.7 Å². The molecule has 0 spiro atoms. The highest BCUT2D eigenvalue weighted by Crippen LogP contribution is 2.39. The third-order valence-electron chi connectivity index (χ3n) is 5.14. The molecule has 0 saturated carbocycles. The Morgan fingerprint density at radius 1 is 1.24 bits per heavy atom. The first-order valence-electron chi connectivity index (χ1n) is 11.7. The van der Waals surface area contributed by atoms with Gasteiger partial charge in [-0.05, 0) is 51.5 Å². The van der Waals surface area contributed by atoms with Crippen LogP contribution in [-0.4, -0.2) is 46.1 Å². The van der Waals surface area contributed by atoms with Crippen LogP contribution in [0.2, 0.25) is 0 Å². The topological polar surface area (TPSA) is 135 Å². The molecule has 3 aromatic rings. The summed E-state index contributed by atoms with van der Waals surface area (Å²) in [5.74, 6) is -0.355. The summed E-state index contributed by atoms with van der Waals surface area (Å²) in [5.41, 5.74) is 0.0450. The zero-order chi connectivity index (χ0) is 27.1. The van der Waals surface area contributed by atoms with Gasteiger partial charge < -0.3 is 14.2 Å². The molecule has 0 aliphatic rings. The molecule has 3 rings (SSSR count). The summed E-state index contributed by atoms with van der Waals surface area (Å²) in [5, 5.41) is 16.6. The molecule has 1 aromatic heterocycles. The van der Waals surface area contributed by atoms with Crippen molar-refractivity contribution in [2.45, 2.75) is 46.6 Å². The minimum Gasteiger partial charge on any atom is -0.490 e. The molecule has 12 heteroatoms. The summed E-state index contributed by atoms with van der Waals surface area (Å²) in [4.78, 5) is 41.1. The normalized spacial score (nSPS) is 12.0. The van der Waals surface area contributed by atoms with Crippen molar-refractivity contribution in [1.29, 1.82) is 0 Å². The summed E-state index contributed by atoms with van der Waals surface area (Å²) >= 11 is 3.37. The number of carbonyl (C=O) groups is 1. The lowest BCUT2D eigenvalue weighted by molar-refractivity contribution is -0.386. The van der Waals surface area contributed by atoms with E-state index in [1.807, 2.05) is 6.92 Å². The number of benzene rings is 2. The van der Waals surface area contributed by atoms with Crippen molar-refractivity contribution in [3.05, 3.63) is 66.7 Å². The van der Waals surface area contributed by atoms with Crippen LogP contribution < -0.4 is 15.0 Å². The molecule has 0 unspecified atom stereocenters. The Morgan fingerprint density at radius 3 is 2.65 bits per heavy atom. The fourth-order valence-corrected chi connectivity index (χ4v) is 3.87. The molecule has 11 nitrogen and oxygen atoms in total. The zero-order valence-corrected chi connectivity index (χ0v) is 22.5. The maximum atomic E-state index is 13.2. The van der Waals surface area contributed by atoms with Gasteiger partial charge in [-0.3, -0.25) is 14.9 Å². The van der Waals surface area contributed by atoms with E-state index in [4.69, 9.17) is 14.2 Å². The molecule has 0 saturated heterocycles. The predicted octanol–water partition coefficient (Wildman–Crippen LogP) is 4.63. The van der Waals surface area contributed by atoms with Gasteiger partial charge in [0, 0.05) is 22.5 Å². The third-order valence-corrected chi connectivity index (χ3v) is 5.63. The molecule has 196 valence electrons. The molecule has 0 aliphatic heterocycles. The maximum Gasteiger partial charge on any atom is 0.347 e. The average Bonchev–Trinajstić information content (AvgIpc) is 2.85. The first kappa shape index (κ1) is 27.8. The van der Waals surface area contributed by atoms with Crippen LogP contribution in [0.25, 0.3) is 10.9 Å². The highest BCUT2D eigenvalue weighted by atomic mass is 79.9. The third kappa shape index (κ3) is 6.50. The lowest BCUT2D eigenvalue weighted by Gasteiger charge is -2.17. The van der Waals surface area contributed by atoms with E-state index in [2.05, 4.69) is 26.0 Å². The van der Waals surface area contributed by atoms with Crippen LogP contribution in [0.4, 0.5) is 5.69 Å². The second-order valence-corrected chi connectivity index (χ2v) is 8.79. The van der Waals surface area contributed by atoms with E-state index in [1.54, 1.807) is 32.0 Å². The minimum absolute atomic E-state index is 0.0518. The van der Waals surface area contributed by atoms with E-state index in [9.17, 15) is 19.7 Å². The van der Waals surface area contributed by atoms with Crippen LogP contribution in [-0.2, 0) is 16.0 Å². The molecule has 0 amide bonds. The number of hydrogen-bond donors (Lipinski definition) is 0. The van der Waals surface area contributed by atoms with Crippen molar-refractivity contribution in [3.8, 4) is 11.5 Å². The molecule has 0 N–H and O–H groups in total. The zero-order valence-electron chi connectivity index (χ0n) is 20.9. The van der Waals surface area contributed by atoms with Crippen LogP contribution >= 0.6 is 15.9 Å². The lowest BCUT2D eigenvalue weighted by atomic mass is 10.1. The van der Waals surface area contributed by atoms with Crippen LogP contribution in [0.1, 0.15) is 45.5 Å². The number of rotatable bonds is 11. The molecule has 0 bridgehead atoms. The van der Waals surface area contributed by atoms with Gasteiger partial charge in [-0.25, -0.2) is 9.78 Å². The summed E-state index contributed by atoms with van der Waals surface area (Å²) < 4.78 is 18.0. The largest absolute Gasteiger partial charge is 0.490 e.